The molecule has 0 aromatic rings. The lowest BCUT2D eigenvalue weighted by Crippen LogP contribution is -2.30. The minimum absolute atomic E-state index is 0.213. The van der Waals surface area contributed by atoms with Gasteiger partial charge in [0.05, 0.1) is 0 Å². The van der Waals surface area contributed by atoms with Crippen LogP contribution in [-0.2, 0) is 0 Å². The molecule has 0 unspecified atom stereocenters. The van der Waals surface area contributed by atoms with Gasteiger partial charge < -0.3 is 4.90 Å². The first kappa shape index (κ1) is 11.0. The fourth-order valence-electron chi connectivity index (χ4n) is 2.31. The monoisotopic (exact) mass is 187 g/mol. The van der Waals surface area contributed by atoms with E-state index >= 15 is 0 Å². The van der Waals surface area contributed by atoms with E-state index in [0.29, 0.717) is 12.0 Å². The lowest BCUT2D eigenvalue weighted by Gasteiger charge is -2.22. The molecular weight excluding hydrogens is 165 g/mol. The van der Waals surface area contributed by atoms with E-state index in [1.165, 1.54) is 0 Å². The highest BCUT2D eigenvalue weighted by Gasteiger charge is 2.39. The van der Waals surface area contributed by atoms with Gasteiger partial charge in [-0.1, -0.05) is 13.8 Å². The zero-order valence-electron chi connectivity index (χ0n) is 9.47. The molecule has 0 aliphatic carbocycles. The topological polar surface area (TPSA) is 3.24 Å². The quantitative estimate of drug-likeness (QED) is 0.642. The highest BCUT2D eigenvalue weighted by atomic mass is 19.1. The second kappa shape index (κ2) is 3.56. The van der Waals surface area contributed by atoms with Crippen LogP contribution < -0.4 is 0 Å². The van der Waals surface area contributed by atoms with Crippen molar-refractivity contribution in [2.45, 2.75) is 45.8 Å². The number of hydrogen-bond acceptors (Lipinski definition) is 1. The molecule has 1 saturated heterocycles. The molecule has 0 radical (unpaired) electrons. The van der Waals surface area contributed by atoms with Crippen LogP contribution in [0.25, 0.3) is 0 Å². The standard InChI is InChI=1S/C11H22FN/c1-8(2)10-6-9(7-13(10)5)11(3,4)12/h8-10H,6-7H2,1-5H3/t9-,10+/m0/s1. The Hall–Kier alpha value is -0.110. The number of halogens is 1. The van der Waals surface area contributed by atoms with Gasteiger partial charge >= 0.3 is 0 Å². The molecule has 0 amide bonds. The third-order valence-electron chi connectivity index (χ3n) is 3.34. The maximum Gasteiger partial charge on any atom is 0.109 e. The van der Waals surface area contributed by atoms with E-state index in [4.69, 9.17) is 0 Å². The van der Waals surface area contributed by atoms with Gasteiger partial charge in [-0.2, -0.15) is 0 Å². The summed E-state index contributed by atoms with van der Waals surface area (Å²) in [4.78, 5) is 2.30. The second-order valence-corrected chi connectivity index (χ2v) is 5.25. The van der Waals surface area contributed by atoms with Crippen molar-refractivity contribution < 1.29 is 4.39 Å². The van der Waals surface area contributed by atoms with Crippen molar-refractivity contribution in [3.8, 4) is 0 Å². The molecule has 1 heterocycles. The summed E-state index contributed by atoms with van der Waals surface area (Å²) < 4.78 is 13.7. The zero-order valence-corrected chi connectivity index (χ0v) is 9.47. The number of nitrogens with zero attached hydrogens (tertiary/aromatic N) is 1. The number of alkyl halides is 1. The van der Waals surface area contributed by atoms with Crippen molar-refractivity contribution >= 4 is 0 Å². The minimum atomic E-state index is -1.02. The molecule has 1 rings (SSSR count). The van der Waals surface area contributed by atoms with Crippen LogP contribution in [0.2, 0.25) is 0 Å². The van der Waals surface area contributed by atoms with Crippen LogP contribution >= 0.6 is 0 Å². The van der Waals surface area contributed by atoms with Gasteiger partial charge in [0.2, 0.25) is 0 Å². The van der Waals surface area contributed by atoms with Crippen LogP contribution in [-0.4, -0.2) is 30.2 Å². The largest absolute Gasteiger partial charge is 0.303 e. The summed E-state index contributed by atoms with van der Waals surface area (Å²) in [5.74, 6) is 0.849. The fourth-order valence-corrected chi connectivity index (χ4v) is 2.31. The fraction of sp³-hybridized carbons (Fsp3) is 1.00. The number of hydrogen-bond donors (Lipinski definition) is 0. The molecule has 0 aromatic heterocycles. The molecule has 1 nitrogen and oxygen atoms in total. The average Bonchev–Trinajstić information content (AvgIpc) is 2.29. The molecule has 0 saturated carbocycles. The van der Waals surface area contributed by atoms with E-state index in [9.17, 15) is 4.39 Å². The van der Waals surface area contributed by atoms with Gasteiger partial charge in [0.25, 0.3) is 0 Å². The van der Waals surface area contributed by atoms with Crippen LogP contribution in [0.3, 0.4) is 0 Å². The highest BCUT2D eigenvalue weighted by Crippen LogP contribution is 2.35. The van der Waals surface area contributed by atoms with E-state index in [-0.39, 0.29) is 5.92 Å². The summed E-state index contributed by atoms with van der Waals surface area (Å²) in [6.07, 6.45) is 1.01. The van der Waals surface area contributed by atoms with Gasteiger partial charge in [-0.15, -0.1) is 0 Å². The molecule has 1 aliphatic rings. The predicted molar refractivity (Wildman–Crippen MR) is 54.6 cm³/mol. The van der Waals surface area contributed by atoms with Crippen molar-refractivity contribution in [3.63, 3.8) is 0 Å². The van der Waals surface area contributed by atoms with Crippen molar-refractivity contribution in [3.05, 3.63) is 0 Å². The van der Waals surface area contributed by atoms with Crippen LogP contribution in [0.1, 0.15) is 34.1 Å². The Morgan fingerprint density at radius 1 is 1.38 bits per heavy atom. The van der Waals surface area contributed by atoms with Crippen molar-refractivity contribution in [2.24, 2.45) is 11.8 Å². The molecule has 1 aliphatic heterocycles. The Kier molecular flexibility index (Phi) is 3.01. The SMILES string of the molecule is CC(C)[C@H]1C[C@H](C(C)(C)F)CN1C. The van der Waals surface area contributed by atoms with Gasteiger partial charge in [0.1, 0.15) is 5.67 Å². The maximum absolute atomic E-state index is 13.7. The first-order chi connectivity index (χ1) is 5.82. The average molecular weight is 187 g/mol. The van der Waals surface area contributed by atoms with Crippen molar-refractivity contribution in [1.82, 2.24) is 4.90 Å². The molecule has 2 atom stereocenters. The Morgan fingerprint density at radius 3 is 2.15 bits per heavy atom. The van der Waals surface area contributed by atoms with Gasteiger partial charge in [-0.05, 0) is 33.2 Å². The van der Waals surface area contributed by atoms with Crippen molar-refractivity contribution in [2.75, 3.05) is 13.6 Å². The lowest BCUT2D eigenvalue weighted by molar-refractivity contribution is 0.129. The van der Waals surface area contributed by atoms with Crippen LogP contribution in [0.5, 0.6) is 0 Å². The number of rotatable bonds is 2. The maximum atomic E-state index is 13.7. The van der Waals surface area contributed by atoms with E-state index in [1.807, 2.05) is 0 Å². The summed E-state index contributed by atoms with van der Waals surface area (Å²) in [5, 5.41) is 0. The number of likely N-dealkylation sites (tertiary alicyclic amines) is 1. The van der Waals surface area contributed by atoms with Gasteiger partial charge in [0.15, 0.2) is 0 Å². The molecule has 1 fully saturated rings. The smallest absolute Gasteiger partial charge is 0.109 e. The molecule has 0 bridgehead atoms. The molecule has 13 heavy (non-hydrogen) atoms. The minimum Gasteiger partial charge on any atom is -0.303 e. The van der Waals surface area contributed by atoms with E-state index in [2.05, 4.69) is 25.8 Å². The highest BCUT2D eigenvalue weighted by molar-refractivity contribution is 4.92. The predicted octanol–water partition coefficient (Wildman–Crippen LogP) is 2.71. The van der Waals surface area contributed by atoms with Gasteiger partial charge in [-0.25, -0.2) is 4.39 Å². The Morgan fingerprint density at radius 2 is 1.92 bits per heavy atom. The first-order valence-corrected chi connectivity index (χ1v) is 5.21. The summed E-state index contributed by atoms with van der Waals surface area (Å²) in [6, 6.07) is 0.569. The Labute approximate surface area is 81.3 Å². The van der Waals surface area contributed by atoms with E-state index in [1.54, 1.807) is 13.8 Å². The van der Waals surface area contributed by atoms with Crippen LogP contribution in [0.4, 0.5) is 4.39 Å². The summed E-state index contributed by atoms with van der Waals surface area (Å²) >= 11 is 0. The molecule has 0 spiro atoms. The summed E-state index contributed by atoms with van der Waals surface area (Å²) in [7, 11) is 2.11. The van der Waals surface area contributed by atoms with E-state index in [0.717, 1.165) is 13.0 Å². The van der Waals surface area contributed by atoms with Gasteiger partial charge in [-0.3, -0.25) is 0 Å². The molecule has 2 heteroatoms. The first-order valence-electron chi connectivity index (χ1n) is 5.21. The van der Waals surface area contributed by atoms with Gasteiger partial charge in [0, 0.05) is 18.5 Å². The summed E-state index contributed by atoms with van der Waals surface area (Å²) in [6.45, 7) is 8.75. The summed E-state index contributed by atoms with van der Waals surface area (Å²) in [5.41, 5.74) is -1.02. The Balaban J connectivity index is 2.60. The van der Waals surface area contributed by atoms with Crippen LogP contribution in [0, 0.1) is 11.8 Å². The molecular formula is C11H22FN. The second-order valence-electron chi connectivity index (χ2n) is 5.25. The third kappa shape index (κ3) is 2.43. The van der Waals surface area contributed by atoms with Crippen LogP contribution in [0.15, 0.2) is 0 Å². The zero-order chi connectivity index (χ0) is 10.2. The molecule has 0 N–H and O–H groups in total. The lowest BCUT2D eigenvalue weighted by atomic mass is 9.88. The van der Waals surface area contributed by atoms with E-state index < -0.39 is 5.67 Å². The third-order valence-corrected chi connectivity index (χ3v) is 3.34. The normalized spacial score (nSPS) is 31.6. The molecule has 0 aromatic carbocycles. The van der Waals surface area contributed by atoms with Crippen molar-refractivity contribution in [1.29, 1.82) is 0 Å². The Bertz CT molecular complexity index is 171. The molecule has 78 valence electrons.